The molecule has 0 aliphatic carbocycles. The lowest BCUT2D eigenvalue weighted by Gasteiger charge is -2.30. The fourth-order valence-corrected chi connectivity index (χ4v) is 3.05. The minimum Gasteiger partial charge on any atom is -0.396 e. The van der Waals surface area contributed by atoms with E-state index in [4.69, 9.17) is 5.11 Å². The average molecular weight is 304 g/mol. The first-order valence-electron chi connectivity index (χ1n) is 8.23. The Morgan fingerprint density at radius 2 is 2.05 bits per heavy atom. The smallest absolute Gasteiger partial charge is 0.238 e. The number of benzene rings is 1. The van der Waals surface area contributed by atoms with Gasteiger partial charge in [0.05, 0.1) is 6.54 Å². The van der Waals surface area contributed by atoms with Crippen LogP contribution in [0.1, 0.15) is 43.7 Å². The van der Waals surface area contributed by atoms with Crippen LogP contribution >= 0.6 is 0 Å². The van der Waals surface area contributed by atoms with Gasteiger partial charge in [0.15, 0.2) is 0 Å². The van der Waals surface area contributed by atoms with E-state index in [1.807, 2.05) is 19.1 Å². The third-order valence-electron chi connectivity index (χ3n) is 4.52. The largest absolute Gasteiger partial charge is 0.396 e. The Bertz CT molecular complexity index is 506. The number of amides is 1. The van der Waals surface area contributed by atoms with Crippen molar-refractivity contribution in [2.24, 2.45) is 5.92 Å². The molecule has 0 atom stereocenters. The number of aliphatic hydroxyl groups excluding tert-OH is 1. The van der Waals surface area contributed by atoms with E-state index in [1.165, 1.54) is 5.56 Å². The van der Waals surface area contributed by atoms with Gasteiger partial charge in [0.1, 0.15) is 0 Å². The number of hydrogen-bond acceptors (Lipinski definition) is 3. The number of aryl methyl sites for hydroxylation is 1. The van der Waals surface area contributed by atoms with Gasteiger partial charge >= 0.3 is 0 Å². The minimum atomic E-state index is 0.0543. The number of rotatable bonds is 5. The molecular weight excluding hydrogens is 276 g/mol. The van der Waals surface area contributed by atoms with Gasteiger partial charge in [0.25, 0.3) is 0 Å². The molecule has 122 valence electrons. The molecule has 4 heteroatoms. The first-order chi connectivity index (χ1) is 10.5. The fraction of sp³-hybridized carbons (Fsp3) is 0.611. The van der Waals surface area contributed by atoms with Crippen LogP contribution in [0.3, 0.4) is 0 Å². The predicted molar refractivity (Wildman–Crippen MR) is 90.1 cm³/mol. The fourth-order valence-electron chi connectivity index (χ4n) is 3.05. The Hall–Kier alpha value is -1.39. The number of nitrogens with zero attached hydrogens (tertiary/aromatic N) is 1. The number of likely N-dealkylation sites (tertiary alicyclic amines) is 1. The van der Waals surface area contributed by atoms with E-state index in [-0.39, 0.29) is 12.5 Å². The standard InChI is InChI=1S/C18H28N2O2/c1-13(2)16-6-4-5-14(3)18(16)19-17(22)11-20-9-7-15(12-21)8-10-20/h4-6,13,15,21H,7-12H2,1-3H3,(H,19,22). The summed E-state index contributed by atoms with van der Waals surface area (Å²) in [6.07, 6.45) is 1.96. The van der Waals surface area contributed by atoms with Crippen LogP contribution in [0.15, 0.2) is 18.2 Å². The molecule has 0 radical (unpaired) electrons. The maximum absolute atomic E-state index is 12.4. The van der Waals surface area contributed by atoms with E-state index in [0.29, 0.717) is 18.4 Å². The second kappa shape index (κ2) is 7.75. The van der Waals surface area contributed by atoms with Gasteiger partial charge in [-0.1, -0.05) is 32.0 Å². The molecule has 0 saturated carbocycles. The number of hydrogen-bond donors (Lipinski definition) is 2. The maximum Gasteiger partial charge on any atom is 0.238 e. The normalized spacial score (nSPS) is 17.0. The molecular formula is C18H28N2O2. The zero-order chi connectivity index (χ0) is 16.1. The summed E-state index contributed by atoms with van der Waals surface area (Å²) in [6, 6.07) is 6.16. The molecule has 1 aromatic carbocycles. The summed E-state index contributed by atoms with van der Waals surface area (Å²) >= 11 is 0. The van der Waals surface area contributed by atoms with Crippen molar-refractivity contribution in [1.29, 1.82) is 0 Å². The molecule has 0 aromatic heterocycles. The second-order valence-corrected chi connectivity index (χ2v) is 6.64. The summed E-state index contributed by atoms with van der Waals surface area (Å²) in [5.74, 6) is 0.845. The molecule has 1 fully saturated rings. The molecule has 22 heavy (non-hydrogen) atoms. The third kappa shape index (κ3) is 4.31. The predicted octanol–water partition coefficient (Wildman–Crippen LogP) is 2.76. The van der Waals surface area contributed by atoms with Gasteiger partial charge in [0, 0.05) is 12.3 Å². The number of carbonyl (C=O) groups excluding carboxylic acids is 1. The SMILES string of the molecule is Cc1cccc(C(C)C)c1NC(=O)CN1CCC(CO)CC1. The molecule has 1 aliphatic rings. The van der Waals surface area contributed by atoms with Crippen LogP contribution in [-0.4, -0.2) is 42.2 Å². The van der Waals surface area contributed by atoms with Crippen molar-refractivity contribution in [1.82, 2.24) is 4.90 Å². The van der Waals surface area contributed by atoms with E-state index in [1.54, 1.807) is 0 Å². The van der Waals surface area contributed by atoms with E-state index in [2.05, 4.69) is 30.1 Å². The van der Waals surface area contributed by atoms with Gasteiger partial charge in [-0.25, -0.2) is 0 Å². The number of nitrogens with one attached hydrogen (secondary N) is 1. The van der Waals surface area contributed by atoms with E-state index >= 15 is 0 Å². The first kappa shape index (κ1) is 17.0. The third-order valence-corrected chi connectivity index (χ3v) is 4.52. The van der Waals surface area contributed by atoms with E-state index < -0.39 is 0 Å². The van der Waals surface area contributed by atoms with Gasteiger partial charge < -0.3 is 10.4 Å². The number of para-hydroxylation sites is 1. The highest BCUT2D eigenvalue weighted by molar-refractivity contribution is 5.93. The average Bonchev–Trinajstić information content (AvgIpc) is 2.49. The molecule has 0 spiro atoms. The van der Waals surface area contributed by atoms with Crippen LogP contribution in [0.2, 0.25) is 0 Å². The van der Waals surface area contributed by atoms with Crippen molar-refractivity contribution in [2.45, 2.75) is 39.5 Å². The van der Waals surface area contributed by atoms with Crippen molar-refractivity contribution >= 4 is 11.6 Å². The lowest BCUT2D eigenvalue weighted by Crippen LogP contribution is -2.40. The Labute approximate surface area is 133 Å². The lowest BCUT2D eigenvalue weighted by molar-refractivity contribution is -0.117. The molecule has 2 N–H and O–H groups in total. The van der Waals surface area contributed by atoms with Crippen LogP contribution in [0, 0.1) is 12.8 Å². The minimum absolute atomic E-state index is 0.0543. The van der Waals surface area contributed by atoms with Crippen LogP contribution in [0.25, 0.3) is 0 Å². The van der Waals surface area contributed by atoms with Gasteiger partial charge in [-0.05, 0) is 55.8 Å². The summed E-state index contributed by atoms with van der Waals surface area (Å²) in [5, 5.41) is 12.3. The molecule has 1 aromatic rings. The van der Waals surface area contributed by atoms with Crippen LogP contribution in [-0.2, 0) is 4.79 Å². The zero-order valence-electron chi connectivity index (χ0n) is 13.9. The molecule has 1 aliphatic heterocycles. The van der Waals surface area contributed by atoms with Gasteiger partial charge in [-0.15, -0.1) is 0 Å². The summed E-state index contributed by atoms with van der Waals surface area (Å²) < 4.78 is 0. The lowest BCUT2D eigenvalue weighted by atomic mass is 9.97. The van der Waals surface area contributed by atoms with Crippen molar-refractivity contribution < 1.29 is 9.90 Å². The molecule has 4 nitrogen and oxygen atoms in total. The highest BCUT2D eigenvalue weighted by Crippen LogP contribution is 2.27. The molecule has 0 unspecified atom stereocenters. The number of carbonyl (C=O) groups is 1. The Kier molecular flexibility index (Phi) is 5.98. The van der Waals surface area contributed by atoms with Gasteiger partial charge in [0.2, 0.25) is 5.91 Å². The summed E-state index contributed by atoms with van der Waals surface area (Å²) in [6.45, 7) is 8.81. The molecule has 1 amide bonds. The Morgan fingerprint density at radius 3 is 2.64 bits per heavy atom. The Morgan fingerprint density at radius 1 is 1.36 bits per heavy atom. The molecule has 1 heterocycles. The van der Waals surface area contributed by atoms with E-state index in [9.17, 15) is 4.79 Å². The topological polar surface area (TPSA) is 52.6 Å². The molecule has 0 bridgehead atoms. The number of aliphatic hydroxyl groups is 1. The number of anilines is 1. The van der Waals surface area contributed by atoms with Crippen molar-refractivity contribution in [3.63, 3.8) is 0 Å². The van der Waals surface area contributed by atoms with E-state index in [0.717, 1.165) is 37.2 Å². The van der Waals surface area contributed by atoms with Crippen LogP contribution in [0.4, 0.5) is 5.69 Å². The van der Waals surface area contributed by atoms with Crippen LogP contribution in [0.5, 0.6) is 0 Å². The summed E-state index contributed by atoms with van der Waals surface area (Å²) in [4.78, 5) is 14.5. The van der Waals surface area contributed by atoms with Crippen molar-refractivity contribution in [2.75, 3.05) is 31.6 Å². The van der Waals surface area contributed by atoms with Crippen molar-refractivity contribution in [3.05, 3.63) is 29.3 Å². The maximum atomic E-state index is 12.4. The van der Waals surface area contributed by atoms with Crippen molar-refractivity contribution in [3.8, 4) is 0 Å². The quantitative estimate of drug-likeness (QED) is 0.879. The Balaban J connectivity index is 1.95. The summed E-state index contributed by atoms with van der Waals surface area (Å²) in [7, 11) is 0. The summed E-state index contributed by atoms with van der Waals surface area (Å²) in [5.41, 5.74) is 3.26. The van der Waals surface area contributed by atoms with Crippen LogP contribution < -0.4 is 5.32 Å². The van der Waals surface area contributed by atoms with Gasteiger partial charge in [-0.3, -0.25) is 9.69 Å². The second-order valence-electron chi connectivity index (χ2n) is 6.64. The number of piperidine rings is 1. The first-order valence-corrected chi connectivity index (χ1v) is 8.23. The zero-order valence-corrected chi connectivity index (χ0v) is 13.9. The molecule has 1 saturated heterocycles. The monoisotopic (exact) mass is 304 g/mol. The highest BCUT2D eigenvalue weighted by atomic mass is 16.3. The van der Waals surface area contributed by atoms with Gasteiger partial charge in [-0.2, -0.15) is 0 Å². The molecule has 2 rings (SSSR count). The highest BCUT2D eigenvalue weighted by Gasteiger charge is 2.21.